The van der Waals surface area contributed by atoms with Crippen molar-refractivity contribution in [3.8, 4) is 0 Å². The van der Waals surface area contributed by atoms with Gasteiger partial charge in [-0.25, -0.2) is 4.98 Å². The van der Waals surface area contributed by atoms with Gasteiger partial charge in [-0.1, -0.05) is 0 Å². The number of hydrogen-bond acceptors (Lipinski definition) is 4. The van der Waals surface area contributed by atoms with Crippen LogP contribution < -0.4 is 5.73 Å². The number of rotatable bonds is 5. The van der Waals surface area contributed by atoms with Gasteiger partial charge >= 0.3 is 0 Å². The van der Waals surface area contributed by atoms with Gasteiger partial charge in [0.1, 0.15) is 12.4 Å². The lowest BCUT2D eigenvalue weighted by atomic mass is 10.3. The second-order valence-electron chi connectivity index (χ2n) is 4.14. The largest absolute Gasteiger partial charge is 0.379 e. The summed E-state index contributed by atoms with van der Waals surface area (Å²) in [5, 5.41) is 0. The van der Waals surface area contributed by atoms with Crippen molar-refractivity contribution in [3.63, 3.8) is 0 Å². The highest BCUT2D eigenvalue weighted by molar-refractivity contribution is 5.73. The van der Waals surface area contributed by atoms with Crippen LogP contribution >= 0.6 is 0 Å². The molecule has 17 heavy (non-hydrogen) atoms. The molecular weight excluding hydrogens is 220 g/mol. The Hall–Kier alpha value is -1.40. The van der Waals surface area contributed by atoms with E-state index in [1.165, 1.54) is 0 Å². The van der Waals surface area contributed by atoms with Gasteiger partial charge < -0.3 is 15.0 Å². The third-order valence-corrected chi connectivity index (χ3v) is 2.88. The Labute approximate surface area is 100 Å². The van der Waals surface area contributed by atoms with Gasteiger partial charge in [-0.2, -0.15) is 0 Å². The van der Waals surface area contributed by atoms with Crippen molar-refractivity contribution in [3.05, 3.63) is 18.2 Å². The smallest absolute Gasteiger partial charge is 0.237 e. The molecule has 0 spiro atoms. The number of nitrogens with zero attached hydrogens (tertiary/aromatic N) is 3. The maximum atomic E-state index is 10.9. The summed E-state index contributed by atoms with van der Waals surface area (Å²) in [5.41, 5.74) is 5.18. The molecule has 0 aliphatic carbocycles. The molecule has 1 saturated heterocycles. The zero-order chi connectivity index (χ0) is 12.1. The van der Waals surface area contributed by atoms with Crippen LogP contribution in [0.1, 0.15) is 5.82 Å². The first-order valence-electron chi connectivity index (χ1n) is 5.84. The van der Waals surface area contributed by atoms with Crippen molar-refractivity contribution in [2.24, 2.45) is 5.73 Å². The van der Waals surface area contributed by atoms with Crippen molar-refractivity contribution < 1.29 is 9.53 Å². The topological polar surface area (TPSA) is 73.4 Å². The molecule has 2 N–H and O–H groups in total. The molecule has 2 rings (SSSR count). The zero-order valence-electron chi connectivity index (χ0n) is 9.84. The lowest BCUT2D eigenvalue weighted by molar-refractivity contribution is -0.118. The Morgan fingerprint density at radius 3 is 2.94 bits per heavy atom. The molecule has 94 valence electrons. The molecule has 1 aromatic heterocycles. The van der Waals surface area contributed by atoms with Gasteiger partial charge in [-0.05, 0) is 0 Å². The SMILES string of the molecule is NC(=O)Cn1ccnc1CCN1CCOCC1. The van der Waals surface area contributed by atoms with E-state index < -0.39 is 0 Å². The molecule has 1 aliphatic heterocycles. The minimum atomic E-state index is -0.337. The first kappa shape index (κ1) is 12.1. The van der Waals surface area contributed by atoms with Crippen LogP contribution in [0.4, 0.5) is 0 Å². The molecule has 0 radical (unpaired) electrons. The van der Waals surface area contributed by atoms with E-state index in [1.54, 1.807) is 12.4 Å². The van der Waals surface area contributed by atoms with Gasteiger partial charge in [0.2, 0.25) is 5.91 Å². The number of morpholine rings is 1. The standard InChI is InChI=1S/C11H18N4O2/c12-10(16)9-15-4-2-13-11(15)1-3-14-5-7-17-8-6-14/h2,4H,1,3,5-9H2,(H2,12,16). The van der Waals surface area contributed by atoms with Crippen LogP contribution in [0.2, 0.25) is 0 Å². The normalized spacial score (nSPS) is 17.2. The van der Waals surface area contributed by atoms with E-state index in [0.29, 0.717) is 0 Å². The third-order valence-electron chi connectivity index (χ3n) is 2.88. The fraction of sp³-hybridized carbons (Fsp3) is 0.636. The van der Waals surface area contributed by atoms with Crippen LogP contribution in [-0.2, 0) is 22.5 Å². The number of carbonyl (C=O) groups excluding carboxylic acids is 1. The van der Waals surface area contributed by atoms with Gasteiger partial charge in [0.25, 0.3) is 0 Å². The number of amides is 1. The number of aromatic nitrogens is 2. The van der Waals surface area contributed by atoms with Crippen LogP contribution in [0.25, 0.3) is 0 Å². The van der Waals surface area contributed by atoms with E-state index in [-0.39, 0.29) is 12.5 Å². The quantitative estimate of drug-likeness (QED) is 0.732. The number of hydrogen-bond donors (Lipinski definition) is 1. The number of nitrogens with two attached hydrogens (primary N) is 1. The molecule has 0 unspecified atom stereocenters. The minimum absolute atomic E-state index is 0.207. The summed E-state index contributed by atoms with van der Waals surface area (Å²) in [5.74, 6) is 0.575. The second kappa shape index (κ2) is 5.79. The van der Waals surface area contributed by atoms with Gasteiger partial charge in [-0.15, -0.1) is 0 Å². The predicted octanol–water partition coefficient (Wildman–Crippen LogP) is -0.757. The highest BCUT2D eigenvalue weighted by Gasteiger charge is 2.12. The molecule has 0 aromatic carbocycles. The molecule has 6 heteroatoms. The third kappa shape index (κ3) is 3.54. The average molecular weight is 238 g/mol. The monoisotopic (exact) mass is 238 g/mol. The Balaban J connectivity index is 1.85. The van der Waals surface area contributed by atoms with Gasteiger partial charge in [0, 0.05) is 38.4 Å². The zero-order valence-corrected chi connectivity index (χ0v) is 9.84. The van der Waals surface area contributed by atoms with E-state index in [1.807, 2.05) is 4.57 Å². The number of ether oxygens (including phenoxy) is 1. The molecule has 0 atom stereocenters. The minimum Gasteiger partial charge on any atom is -0.379 e. The number of imidazole rings is 1. The van der Waals surface area contributed by atoms with Crippen LogP contribution in [0.15, 0.2) is 12.4 Å². The highest BCUT2D eigenvalue weighted by Crippen LogP contribution is 2.02. The van der Waals surface area contributed by atoms with E-state index >= 15 is 0 Å². The number of carbonyl (C=O) groups is 1. The fourth-order valence-electron chi connectivity index (χ4n) is 1.96. The molecule has 6 nitrogen and oxygen atoms in total. The molecule has 2 heterocycles. The summed E-state index contributed by atoms with van der Waals surface area (Å²) in [6, 6.07) is 0. The van der Waals surface area contributed by atoms with Crippen molar-refractivity contribution in [1.29, 1.82) is 0 Å². The maximum absolute atomic E-state index is 10.9. The Morgan fingerprint density at radius 1 is 1.47 bits per heavy atom. The van der Waals surface area contributed by atoms with Crippen molar-refractivity contribution in [1.82, 2.24) is 14.5 Å². The molecule has 1 aliphatic rings. The summed E-state index contributed by atoms with van der Waals surface area (Å²) in [6.45, 7) is 4.69. The lowest BCUT2D eigenvalue weighted by Crippen LogP contribution is -2.37. The molecule has 0 saturated carbocycles. The lowest BCUT2D eigenvalue weighted by Gasteiger charge is -2.26. The van der Waals surface area contributed by atoms with E-state index in [0.717, 1.165) is 45.1 Å². The fourth-order valence-corrected chi connectivity index (χ4v) is 1.96. The Morgan fingerprint density at radius 2 is 2.24 bits per heavy atom. The van der Waals surface area contributed by atoms with Gasteiger partial charge in [0.15, 0.2) is 0 Å². The van der Waals surface area contributed by atoms with Gasteiger partial charge in [0.05, 0.1) is 13.2 Å². The van der Waals surface area contributed by atoms with Gasteiger partial charge in [-0.3, -0.25) is 9.69 Å². The van der Waals surface area contributed by atoms with Crippen LogP contribution in [0, 0.1) is 0 Å². The Bertz CT molecular complexity index is 371. The first-order chi connectivity index (χ1) is 8.25. The van der Waals surface area contributed by atoms with Crippen molar-refractivity contribution >= 4 is 5.91 Å². The average Bonchev–Trinajstić information content (AvgIpc) is 2.74. The number of primary amides is 1. The molecule has 1 aromatic rings. The summed E-state index contributed by atoms with van der Waals surface area (Å²) >= 11 is 0. The summed E-state index contributed by atoms with van der Waals surface area (Å²) < 4.78 is 7.10. The van der Waals surface area contributed by atoms with E-state index in [9.17, 15) is 4.79 Å². The van der Waals surface area contributed by atoms with E-state index in [2.05, 4.69) is 9.88 Å². The van der Waals surface area contributed by atoms with Crippen LogP contribution in [0.5, 0.6) is 0 Å². The molecule has 1 amide bonds. The predicted molar refractivity (Wildman–Crippen MR) is 62.4 cm³/mol. The summed E-state index contributed by atoms with van der Waals surface area (Å²) in [7, 11) is 0. The molecule has 0 bridgehead atoms. The van der Waals surface area contributed by atoms with Crippen LogP contribution in [0.3, 0.4) is 0 Å². The Kier molecular flexibility index (Phi) is 4.11. The van der Waals surface area contributed by atoms with Crippen molar-refractivity contribution in [2.75, 3.05) is 32.8 Å². The van der Waals surface area contributed by atoms with E-state index in [4.69, 9.17) is 10.5 Å². The van der Waals surface area contributed by atoms with Crippen molar-refractivity contribution in [2.45, 2.75) is 13.0 Å². The maximum Gasteiger partial charge on any atom is 0.237 e. The summed E-state index contributed by atoms with van der Waals surface area (Å²) in [4.78, 5) is 17.5. The first-order valence-corrected chi connectivity index (χ1v) is 5.84. The van der Waals surface area contributed by atoms with Crippen LogP contribution in [-0.4, -0.2) is 53.2 Å². The summed E-state index contributed by atoms with van der Waals surface area (Å²) in [6.07, 6.45) is 4.33. The molecule has 1 fully saturated rings. The second-order valence-corrected chi connectivity index (χ2v) is 4.14. The highest BCUT2D eigenvalue weighted by atomic mass is 16.5. The molecular formula is C11H18N4O2.